The van der Waals surface area contributed by atoms with Crippen molar-refractivity contribution in [2.75, 3.05) is 5.33 Å². The van der Waals surface area contributed by atoms with E-state index in [4.69, 9.17) is 0 Å². The Morgan fingerprint density at radius 2 is 1.69 bits per heavy atom. The van der Waals surface area contributed by atoms with Gasteiger partial charge in [0.1, 0.15) is 0 Å². The van der Waals surface area contributed by atoms with Crippen LogP contribution in [0.2, 0.25) is 0 Å². The van der Waals surface area contributed by atoms with Crippen molar-refractivity contribution in [1.29, 1.82) is 0 Å². The highest BCUT2D eigenvalue weighted by Gasteiger charge is 2.29. The maximum atomic E-state index is 12.3. The standard InChI is InChI=1S/C12H12BrF3/c13-9-3-1-2-4-10-5-7-11(8-6-10)12(14,15)16/h1-2,5-8H,3-4,9H2. The number of allylic oxidation sites excluding steroid dienone is 2. The summed E-state index contributed by atoms with van der Waals surface area (Å²) in [6, 6.07) is 5.27. The van der Waals surface area contributed by atoms with Crippen molar-refractivity contribution in [2.24, 2.45) is 0 Å². The summed E-state index contributed by atoms with van der Waals surface area (Å²) in [6.07, 6.45) is 1.33. The molecule has 0 atom stereocenters. The normalized spacial score (nSPS) is 12.2. The Morgan fingerprint density at radius 3 is 2.19 bits per heavy atom. The average molecular weight is 293 g/mol. The van der Waals surface area contributed by atoms with Crippen LogP contribution in [0, 0.1) is 0 Å². The first-order chi connectivity index (χ1) is 7.54. The molecule has 0 bridgehead atoms. The fraction of sp³-hybridized carbons (Fsp3) is 0.333. The smallest absolute Gasteiger partial charge is 0.166 e. The van der Waals surface area contributed by atoms with Gasteiger partial charge in [-0.3, -0.25) is 0 Å². The number of alkyl halides is 4. The molecule has 0 spiro atoms. The minimum atomic E-state index is -4.25. The maximum Gasteiger partial charge on any atom is 0.416 e. The van der Waals surface area contributed by atoms with Crippen LogP contribution in [-0.2, 0) is 12.6 Å². The molecule has 4 heteroatoms. The van der Waals surface area contributed by atoms with Crippen LogP contribution in [0.5, 0.6) is 0 Å². The molecule has 0 aliphatic carbocycles. The summed E-state index contributed by atoms with van der Waals surface area (Å²) in [6.45, 7) is 0. The van der Waals surface area contributed by atoms with Gasteiger partial charge in [-0.25, -0.2) is 0 Å². The molecule has 0 fully saturated rings. The van der Waals surface area contributed by atoms with Crippen LogP contribution in [0.15, 0.2) is 36.4 Å². The van der Waals surface area contributed by atoms with Gasteiger partial charge in [0, 0.05) is 5.33 Å². The molecule has 0 nitrogen and oxygen atoms in total. The Balaban J connectivity index is 2.58. The van der Waals surface area contributed by atoms with Gasteiger partial charge in [-0.1, -0.05) is 40.2 Å². The second-order valence-corrected chi connectivity index (χ2v) is 4.14. The van der Waals surface area contributed by atoms with E-state index in [-0.39, 0.29) is 0 Å². The van der Waals surface area contributed by atoms with E-state index in [1.807, 2.05) is 12.2 Å². The van der Waals surface area contributed by atoms with E-state index in [9.17, 15) is 13.2 Å². The van der Waals surface area contributed by atoms with Crippen LogP contribution >= 0.6 is 15.9 Å². The van der Waals surface area contributed by atoms with Crippen molar-refractivity contribution in [1.82, 2.24) is 0 Å². The second-order valence-electron chi connectivity index (χ2n) is 3.35. The fourth-order valence-corrected chi connectivity index (χ4v) is 1.49. The lowest BCUT2D eigenvalue weighted by Gasteiger charge is -2.06. The summed E-state index contributed by atoms with van der Waals surface area (Å²) >= 11 is 3.29. The van der Waals surface area contributed by atoms with E-state index in [1.54, 1.807) is 0 Å². The fourth-order valence-electron chi connectivity index (χ4n) is 1.23. The Bertz CT molecular complexity index is 338. The van der Waals surface area contributed by atoms with Crippen molar-refractivity contribution < 1.29 is 13.2 Å². The largest absolute Gasteiger partial charge is 0.416 e. The molecular weight excluding hydrogens is 281 g/mol. The zero-order valence-electron chi connectivity index (χ0n) is 8.60. The Kier molecular flexibility index (Phi) is 5.06. The van der Waals surface area contributed by atoms with Crippen molar-refractivity contribution in [3.8, 4) is 0 Å². The zero-order chi connectivity index (χ0) is 12.0. The third-order valence-electron chi connectivity index (χ3n) is 2.08. The topological polar surface area (TPSA) is 0 Å². The number of hydrogen-bond donors (Lipinski definition) is 0. The Labute approximate surface area is 101 Å². The molecule has 0 unspecified atom stereocenters. The molecule has 0 saturated carbocycles. The van der Waals surface area contributed by atoms with Gasteiger partial charge in [-0.15, -0.1) is 0 Å². The summed E-state index contributed by atoms with van der Waals surface area (Å²) in [7, 11) is 0. The molecule has 1 rings (SSSR count). The SMILES string of the molecule is FC(F)(F)c1ccc(CC=CCCBr)cc1. The average Bonchev–Trinajstić information content (AvgIpc) is 2.24. The van der Waals surface area contributed by atoms with Gasteiger partial charge in [-0.05, 0) is 30.5 Å². The molecule has 1 aromatic rings. The van der Waals surface area contributed by atoms with Crippen LogP contribution in [0.3, 0.4) is 0 Å². The maximum absolute atomic E-state index is 12.3. The molecule has 88 valence electrons. The van der Waals surface area contributed by atoms with Crippen LogP contribution < -0.4 is 0 Å². The van der Waals surface area contributed by atoms with Gasteiger partial charge in [-0.2, -0.15) is 13.2 Å². The first-order valence-corrected chi connectivity index (χ1v) is 6.03. The number of rotatable bonds is 4. The van der Waals surface area contributed by atoms with Crippen LogP contribution in [0.25, 0.3) is 0 Å². The van der Waals surface area contributed by atoms with Crippen LogP contribution in [-0.4, -0.2) is 5.33 Å². The molecule has 0 N–H and O–H groups in total. The summed E-state index contributed by atoms with van der Waals surface area (Å²) in [4.78, 5) is 0. The first kappa shape index (κ1) is 13.3. The van der Waals surface area contributed by atoms with Crippen molar-refractivity contribution in [3.05, 3.63) is 47.5 Å². The summed E-state index contributed by atoms with van der Waals surface area (Å²) in [5.41, 5.74) is 0.291. The summed E-state index contributed by atoms with van der Waals surface area (Å²) in [5, 5.41) is 0.899. The van der Waals surface area contributed by atoms with Gasteiger partial charge in [0.15, 0.2) is 0 Å². The minimum absolute atomic E-state index is 0.597. The summed E-state index contributed by atoms with van der Waals surface area (Å²) in [5.74, 6) is 0. The third kappa shape index (κ3) is 4.39. The lowest BCUT2D eigenvalue weighted by molar-refractivity contribution is -0.137. The van der Waals surface area contributed by atoms with Gasteiger partial charge < -0.3 is 0 Å². The molecule has 0 aliphatic heterocycles. The second kappa shape index (κ2) is 6.09. The monoisotopic (exact) mass is 292 g/mol. The molecule has 0 aromatic heterocycles. The number of benzene rings is 1. The van der Waals surface area contributed by atoms with Gasteiger partial charge in [0.05, 0.1) is 5.56 Å². The van der Waals surface area contributed by atoms with Crippen molar-refractivity contribution in [2.45, 2.75) is 19.0 Å². The molecule has 1 aromatic carbocycles. The van der Waals surface area contributed by atoms with E-state index >= 15 is 0 Å². The highest BCUT2D eigenvalue weighted by molar-refractivity contribution is 9.09. The quantitative estimate of drug-likeness (QED) is 0.562. The molecule has 0 heterocycles. The predicted molar refractivity (Wildman–Crippen MR) is 62.7 cm³/mol. The molecule has 0 amide bonds. The molecule has 0 radical (unpaired) electrons. The number of hydrogen-bond acceptors (Lipinski definition) is 0. The lowest BCUT2D eigenvalue weighted by Crippen LogP contribution is -2.04. The summed E-state index contributed by atoms with van der Waals surface area (Å²) < 4.78 is 36.8. The third-order valence-corrected chi connectivity index (χ3v) is 2.54. The van der Waals surface area contributed by atoms with Gasteiger partial charge in [0.25, 0.3) is 0 Å². The van der Waals surface area contributed by atoms with Crippen molar-refractivity contribution in [3.63, 3.8) is 0 Å². The zero-order valence-corrected chi connectivity index (χ0v) is 10.2. The molecule has 0 saturated heterocycles. The van der Waals surface area contributed by atoms with Crippen molar-refractivity contribution >= 4 is 15.9 Å². The van der Waals surface area contributed by atoms with E-state index < -0.39 is 11.7 Å². The van der Waals surface area contributed by atoms with Gasteiger partial charge >= 0.3 is 6.18 Å². The number of halogens is 4. The lowest BCUT2D eigenvalue weighted by atomic mass is 10.1. The first-order valence-electron chi connectivity index (χ1n) is 4.91. The molecular formula is C12H12BrF3. The van der Waals surface area contributed by atoms with E-state index in [0.29, 0.717) is 6.42 Å². The Morgan fingerprint density at radius 1 is 1.06 bits per heavy atom. The van der Waals surface area contributed by atoms with Gasteiger partial charge in [0.2, 0.25) is 0 Å². The minimum Gasteiger partial charge on any atom is -0.166 e. The predicted octanol–water partition coefficient (Wildman–Crippen LogP) is 4.59. The molecule has 16 heavy (non-hydrogen) atoms. The Hall–Kier alpha value is -0.770. The van der Waals surface area contributed by atoms with Crippen LogP contribution in [0.4, 0.5) is 13.2 Å². The molecule has 0 aliphatic rings. The van der Waals surface area contributed by atoms with E-state index in [2.05, 4.69) is 15.9 Å². The highest BCUT2D eigenvalue weighted by atomic mass is 79.9. The van der Waals surface area contributed by atoms with E-state index in [1.165, 1.54) is 12.1 Å². The van der Waals surface area contributed by atoms with Crippen LogP contribution in [0.1, 0.15) is 17.5 Å². The highest BCUT2D eigenvalue weighted by Crippen LogP contribution is 2.29. The van der Waals surface area contributed by atoms with E-state index in [0.717, 1.165) is 29.4 Å².